The van der Waals surface area contributed by atoms with Crippen molar-refractivity contribution in [2.24, 2.45) is 5.92 Å². The Hall–Kier alpha value is -0.0451. The molecule has 16 heavy (non-hydrogen) atoms. The minimum absolute atomic E-state index is 0.636. The van der Waals surface area contributed by atoms with Gasteiger partial charge in [-0.15, -0.1) is 0 Å². The zero-order valence-corrected chi connectivity index (χ0v) is 11.6. The number of fused-ring (bicyclic) bond motifs is 2. The lowest BCUT2D eigenvalue weighted by Crippen LogP contribution is -2.32. The maximum atomic E-state index is 5.49. The van der Waals surface area contributed by atoms with Crippen molar-refractivity contribution in [3.05, 3.63) is 0 Å². The van der Waals surface area contributed by atoms with Gasteiger partial charge in [0.2, 0.25) is 0 Å². The summed E-state index contributed by atoms with van der Waals surface area (Å²) >= 11 is 5.49. The predicted octanol–water partition coefficient (Wildman–Crippen LogP) is 3.02. The van der Waals surface area contributed by atoms with E-state index < -0.39 is 0 Å². The average molecular weight is 235 g/mol. The molecule has 3 rings (SSSR count). The summed E-state index contributed by atoms with van der Waals surface area (Å²) in [6, 6.07) is 0.759. The summed E-state index contributed by atoms with van der Waals surface area (Å²) in [6.07, 6.45) is 6.81. The van der Waals surface area contributed by atoms with E-state index in [9.17, 15) is 0 Å². The van der Waals surface area contributed by atoms with Crippen LogP contribution < -0.4 is 0 Å². The van der Waals surface area contributed by atoms with Gasteiger partial charge in [0.1, 0.15) is 7.28 Å². The minimum atomic E-state index is 0.636. The number of hydrogen-bond donors (Lipinski definition) is 0. The Morgan fingerprint density at radius 3 is 2.88 bits per heavy atom. The lowest BCUT2D eigenvalue weighted by molar-refractivity contribution is 0.237. The van der Waals surface area contributed by atoms with Gasteiger partial charge >= 0.3 is 0 Å². The van der Waals surface area contributed by atoms with E-state index in [0.29, 0.717) is 10.6 Å². The second-order valence-corrected chi connectivity index (χ2v) is 7.40. The van der Waals surface area contributed by atoms with Crippen LogP contribution in [0.15, 0.2) is 0 Å². The fraction of sp³-hybridized carbons (Fsp3) is 0.923. The summed E-state index contributed by atoms with van der Waals surface area (Å²) in [6.45, 7) is 5.01. The topological polar surface area (TPSA) is 3.24 Å². The molecular weight excluding hydrogens is 213 g/mol. The lowest BCUT2D eigenvalue weighted by Gasteiger charge is -2.33. The summed E-state index contributed by atoms with van der Waals surface area (Å²) in [5, 5.41) is 1.30. The Bertz CT molecular complexity index is 345. The SMILES string of the molecule is CN1C(=S)CC2CC3(C)BC3(C)CCCC21. The molecule has 0 spiro atoms. The van der Waals surface area contributed by atoms with Crippen LogP contribution >= 0.6 is 12.2 Å². The molecule has 3 aliphatic rings. The molecule has 2 heterocycles. The Morgan fingerprint density at radius 2 is 2.12 bits per heavy atom. The molecular formula is C13H22BNS. The van der Waals surface area contributed by atoms with Crippen LogP contribution in [0, 0.1) is 5.92 Å². The summed E-state index contributed by atoms with van der Waals surface area (Å²) < 4.78 is 0. The molecule has 0 radical (unpaired) electrons. The van der Waals surface area contributed by atoms with Gasteiger partial charge in [0.15, 0.2) is 0 Å². The van der Waals surface area contributed by atoms with Gasteiger partial charge in [-0.2, -0.15) is 0 Å². The highest BCUT2D eigenvalue weighted by Crippen LogP contribution is 2.74. The molecule has 4 unspecified atom stereocenters. The zero-order chi connectivity index (χ0) is 11.6. The largest absolute Gasteiger partial charge is 0.366 e. The smallest absolute Gasteiger partial charge is 0.134 e. The van der Waals surface area contributed by atoms with E-state index >= 15 is 0 Å². The van der Waals surface area contributed by atoms with Crippen LogP contribution in [0.25, 0.3) is 0 Å². The van der Waals surface area contributed by atoms with Crippen molar-refractivity contribution in [3.63, 3.8) is 0 Å². The highest BCUT2D eigenvalue weighted by Gasteiger charge is 2.62. The number of nitrogens with zero attached hydrogens (tertiary/aromatic N) is 1. The van der Waals surface area contributed by atoms with E-state index in [1.165, 1.54) is 44.4 Å². The summed E-state index contributed by atoms with van der Waals surface area (Å²) in [4.78, 5) is 3.61. The number of rotatable bonds is 0. The van der Waals surface area contributed by atoms with Gasteiger partial charge in [0.05, 0.1) is 4.99 Å². The van der Waals surface area contributed by atoms with E-state index in [1.807, 2.05) is 0 Å². The summed E-state index contributed by atoms with van der Waals surface area (Å²) in [5.41, 5.74) is 0. The Kier molecular flexibility index (Phi) is 2.25. The number of thiocarbonyl (C=S) groups is 1. The molecule has 1 saturated carbocycles. The van der Waals surface area contributed by atoms with Crippen molar-refractivity contribution in [1.82, 2.24) is 4.90 Å². The van der Waals surface area contributed by atoms with Gasteiger partial charge in [-0.1, -0.05) is 49.5 Å². The molecule has 2 aliphatic heterocycles. The van der Waals surface area contributed by atoms with Crippen LogP contribution in [0.1, 0.15) is 46.0 Å². The van der Waals surface area contributed by atoms with Crippen LogP contribution in [0.4, 0.5) is 0 Å². The molecule has 3 heteroatoms. The fourth-order valence-electron chi connectivity index (χ4n) is 4.45. The molecule has 0 bridgehead atoms. The molecule has 0 aromatic heterocycles. The molecule has 0 aromatic carbocycles. The molecule has 4 atom stereocenters. The van der Waals surface area contributed by atoms with Gasteiger partial charge in [-0.3, -0.25) is 0 Å². The third kappa shape index (κ3) is 1.40. The van der Waals surface area contributed by atoms with Crippen LogP contribution in [-0.2, 0) is 0 Å². The first kappa shape index (κ1) is 11.1. The predicted molar refractivity (Wildman–Crippen MR) is 74.6 cm³/mol. The summed E-state index contributed by atoms with van der Waals surface area (Å²) in [7, 11) is 3.67. The average Bonchev–Trinajstić information content (AvgIpc) is 2.59. The van der Waals surface area contributed by atoms with Crippen LogP contribution in [0.5, 0.6) is 0 Å². The van der Waals surface area contributed by atoms with E-state index in [1.54, 1.807) is 0 Å². The minimum Gasteiger partial charge on any atom is -0.366 e. The molecule has 0 amide bonds. The van der Waals surface area contributed by atoms with Crippen LogP contribution in [-0.4, -0.2) is 30.3 Å². The van der Waals surface area contributed by atoms with Gasteiger partial charge in [-0.05, 0) is 18.8 Å². The van der Waals surface area contributed by atoms with Crippen molar-refractivity contribution >= 4 is 24.5 Å². The fourth-order valence-corrected chi connectivity index (χ4v) is 4.80. The summed E-state index contributed by atoms with van der Waals surface area (Å²) in [5.74, 6) is 0.852. The maximum Gasteiger partial charge on any atom is 0.134 e. The molecule has 0 N–H and O–H groups in total. The van der Waals surface area contributed by atoms with Gasteiger partial charge < -0.3 is 4.90 Å². The molecule has 2 saturated heterocycles. The van der Waals surface area contributed by atoms with E-state index in [-0.39, 0.29) is 0 Å². The first-order chi connectivity index (χ1) is 7.45. The highest BCUT2D eigenvalue weighted by molar-refractivity contribution is 7.80. The van der Waals surface area contributed by atoms with Crippen molar-refractivity contribution in [2.75, 3.05) is 7.05 Å². The van der Waals surface area contributed by atoms with Crippen molar-refractivity contribution < 1.29 is 0 Å². The Morgan fingerprint density at radius 1 is 1.38 bits per heavy atom. The van der Waals surface area contributed by atoms with Crippen molar-refractivity contribution in [1.29, 1.82) is 0 Å². The molecule has 88 valence electrons. The maximum absolute atomic E-state index is 5.49. The first-order valence-electron chi connectivity index (χ1n) is 6.71. The van der Waals surface area contributed by atoms with Crippen molar-refractivity contribution in [3.8, 4) is 0 Å². The van der Waals surface area contributed by atoms with Gasteiger partial charge in [-0.25, -0.2) is 0 Å². The third-order valence-electron chi connectivity index (χ3n) is 5.93. The molecule has 1 nitrogen and oxygen atoms in total. The normalized spacial score (nSPS) is 51.2. The standard InChI is InChI=1S/C13H22BNS/c1-12-6-4-5-10-9(7-11(16)15(10)3)8-13(12,2)14-12/h9-10,14H,4-8H2,1-3H3. The van der Waals surface area contributed by atoms with Crippen molar-refractivity contribution in [2.45, 2.75) is 62.6 Å². The monoisotopic (exact) mass is 235 g/mol. The second-order valence-electron chi connectivity index (χ2n) is 6.93. The molecule has 3 fully saturated rings. The molecule has 0 aromatic rings. The van der Waals surface area contributed by atoms with Gasteiger partial charge in [0.25, 0.3) is 0 Å². The van der Waals surface area contributed by atoms with E-state index in [0.717, 1.165) is 12.0 Å². The van der Waals surface area contributed by atoms with Gasteiger partial charge in [0, 0.05) is 19.5 Å². The Labute approximate surface area is 105 Å². The molecule has 1 aliphatic carbocycles. The van der Waals surface area contributed by atoms with Crippen LogP contribution in [0.2, 0.25) is 10.6 Å². The second kappa shape index (κ2) is 3.25. The van der Waals surface area contributed by atoms with E-state index in [2.05, 4.69) is 25.8 Å². The quantitative estimate of drug-likeness (QED) is 0.469. The number of likely N-dealkylation sites (tertiary alicyclic amines) is 1. The lowest BCUT2D eigenvalue weighted by atomic mass is 9.77. The van der Waals surface area contributed by atoms with Crippen LogP contribution in [0.3, 0.4) is 0 Å². The number of hydrogen-bond acceptors (Lipinski definition) is 1. The van der Waals surface area contributed by atoms with E-state index in [4.69, 9.17) is 12.2 Å². The highest BCUT2D eigenvalue weighted by atomic mass is 32.1. The zero-order valence-electron chi connectivity index (χ0n) is 10.8. The first-order valence-corrected chi connectivity index (χ1v) is 7.12. The Balaban J connectivity index is 1.83. The third-order valence-corrected chi connectivity index (χ3v) is 6.38.